The summed E-state index contributed by atoms with van der Waals surface area (Å²) >= 11 is 0. The summed E-state index contributed by atoms with van der Waals surface area (Å²) in [4.78, 5) is 2.15. The summed E-state index contributed by atoms with van der Waals surface area (Å²) in [6, 6.07) is 4.15. The van der Waals surface area contributed by atoms with Crippen LogP contribution in [0.3, 0.4) is 0 Å². The molecule has 2 nitrogen and oxygen atoms in total. The van der Waals surface area contributed by atoms with Crippen molar-refractivity contribution in [3.8, 4) is 0 Å². The second kappa shape index (κ2) is 7.14. The number of rotatable bonds is 6. The maximum Gasteiger partial charge on any atom is 0.163 e. The van der Waals surface area contributed by atoms with Gasteiger partial charge >= 0.3 is 0 Å². The van der Waals surface area contributed by atoms with Gasteiger partial charge in [-0.1, -0.05) is 39.8 Å². The van der Waals surface area contributed by atoms with Crippen LogP contribution in [0.1, 0.15) is 39.3 Å². The van der Waals surface area contributed by atoms with E-state index in [1.54, 1.807) is 12.1 Å². The third-order valence-electron chi connectivity index (χ3n) is 3.05. The van der Waals surface area contributed by atoms with Gasteiger partial charge in [-0.3, -0.25) is 0 Å². The Kier molecular flexibility index (Phi) is 6.08. The predicted octanol–water partition coefficient (Wildman–Crippen LogP) is 3.59. The van der Waals surface area contributed by atoms with Gasteiger partial charge in [0.15, 0.2) is 11.6 Å². The smallest absolute Gasteiger partial charge is 0.163 e. The fraction of sp³-hybridized carbons (Fsp3) is 0.625. The molecule has 1 unspecified atom stereocenters. The molecule has 0 saturated carbocycles. The minimum atomic E-state index is -0.788. The molecule has 0 aliphatic heterocycles. The van der Waals surface area contributed by atoms with Crippen molar-refractivity contribution in [2.24, 2.45) is 5.41 Å². The van der Waals surface area contributed by atoms with Gasteiger partial charge in [-0.15, -0.1) is 0 Å². The summed E-state index contributed by atoms with van der Waals surface area (Å²) in [6.07, 6.45) is 0. The van der Waals surface area contributed by atoms with E-state index >= 15 is 0 Å². The third-order valence-corrected chi connectivity index (χ3v) is 3.05. The molecule has 0 radical (unpaired) electrons. The van der Waals surface area contributed by atoms with Crippen LogP contribution in [-0.2, 0) is 0 Å². The quantitative estimate of drug-likeness (QED) is 0.858. The Morgan fingerprint density at radius 1 is 1.25 bits per heavy atom. The van der Waals surface area contributed by atoms with Crippen molar-refractivity contribution >= 4 is 0 Å². The molecule has 4 heteroatoms. The topological polar surface area (TPSA) is 15.3 Å². The first-order chi connectivity index (χ1) is 9.24. The Labute approximate surface area is 121 Å². The molecule has 0 aliphatic carbocycles. The summed E-state index contributed by atoms with van der Waals surface area (Å²) in [5.41, 5.74) is 0.569. The van der Waals surface area contributed by atoms with E-state index in [-0.39, 0.29) is 11.5 Å². The van der Waals surface area contributed by atoms with Crippen LogP contribution in [0, 0.1) is 17.0 Å². The van der Waals surface area contributed by atoms with Crippen LogP contribution < -0.4 is 5.32 Å². The molecule has 0 fully saturated rings. The van der Waals surface area contributed by atoms with Crippen LogP contribution in [0.5, 0.6) is 0 Å². The maximum atomic E-state index is 13.9. The molecule has 1 atom stereocenters. The molecule has 0 heterocycles. The van der Waals surface area contributed by atoms with Gasteiger partial charge in [0.2, 0.25) is 0 Å². The molecule has 0 bridgehead atoms. The highest BCUT2D eigenvalue weighted by Crippen LogP contribution is 2.22. The number of hydrogen-bond donors (Lipinski definition) is 1. The Balaban J connectivity index is 2.86. The van der Waals surface area contributed by atoms with Crippen molar-refractivity contribution in [3.05, 3.63) is 35.4 Å². The number of likely N-dealkylation sites (N-methyl/N-ethyl adjacent to an activating group) is 2. The monoisotopic (exact) mass is 284 g/mol. The number of hydrogen-bond acceptors (Lipinski definition) is 2. The van der Waals surface area contributed by atoms with E-state index in [2.05, 4.69) is 31.0 Å². The van der Waals surface area contributed by atoms with E-state index in [9.17, 15) is 8.78 Å². The maximum absolute atomic E-state index is 13.9. The lowest BCUT2D eigenvalue weighted by molar-refractivity contribution is 0.207. The standard InChI is InChI=1S/C16H26F2N2/c1-6-19-14(10-20(5)11-16(2,3)4)12-8-7-9-13(17)15(12)18/h7-9,14,19H,6,10-11H2,1-5H3. The van der Waals surface area contributed by atoms with Crippen LogP contribution in [0.15, 0.2) is 18.2 Å². The van der Waals surface area contributed by atoms with Crippen LogP contribution in [-0.4, -0.2) is 31.6 Å². The van der Waals surface area contributed by atoms with E-state index in [0.717, 1.165) is 12.6 Å². The first-order valence-electron chi connectivity index (χ1n) is 7.10. The molecular formula is C16H26F2N2. The minimum absolute atomic E-state index is 0.173. The lowest BCUT2D eigenvalue weighted by atomic mass is 9.95. The van der Waals surface area contributed by atoms with Crippen molar-refractivity contribution in [1.29, 1.82) is 0 Å². The van der Waals surface area contributed by atoms with Crippen molar-refractivity contribution < 1.29 is 8.78 Å². The summed E-state index contributed by atoms with van der Waals surface area (Å²) in [5.74, 6) is -1.54. The molecule has 1 N–H and O–H groups in total. The normalized spacial score (nSPS) is 13.8. The fourth-order valence-electron chi connectivity index (χ4n) is 2.49. The molecule has 1 aromatic rings. The van der Waals surface area contributed by atoms with E-state index in [4.69, 9.17) is 0 Å². The third kappa shape index (κ3) is 5.17. The Bertz CT molecular complexity index is 427. The number of benzene rings is 1. The predicted molar refractivity (Wildman–Crippen MR) is 79.7 cm³/mol. The molecular weight excluding hydrogens is 258 g/mol. The van der Waals surface area contributed by atoms with Crippen LogP contribution >= 0.6 is 0 Å². The fourth-order valence-corrected chi connectivity index (χ4v) is 2.49. The first-order valence-corrected chi connectivity index (χ1v) is 7.10. The molecule has 0 saturated heterocycles. The van der Waals surface area contributed by atoms with Gasteiger partial charge < -0.3 is 10.2 Å². The second-order valence-corrected chi connectivity index (χ2v) is 6.51. The van der Waals surface area contributed by atoms with Crippen LogP contribution in [0.25, 0.3) is 0 Å². The highest BCUT2D eigenvalue weighted by atomic mass is 19.2. The summed E-state index contributed by atoms with van der Waals surface area (Å²) in [5, 5.41) is 3.24. The molecule has 0 aliphatic rings. The van der Waals surface area contributed by atoms with Crippen molar-refractivity contribution in [1.82, 2.24) is 10.2 Å². The van der Waals surface area contributed by atoms with Gasteiger partial charge in [0.25, 0.3) is 0 Å². The van der Waals surface area contributed by atoms with Gasteiger partial charge in [-0.05, 0) is 25.1 Å². The summed E-state index contributed by atoms with van der Waals surface area (Å²) < 4.78 is 27.3. The van der Waals surface area contributed by atoms with Gasteiger partial charge in [0, 0.05) is 24.7 Å². The first kappa shape index (κ1) is 17.1. The molecule has 1 rings (SSSR count). The Morgan fingerprint density at radius 2 is 1.90 bits per heavy atom. The van der Waals surface area contributed by atoms with Gasteiger partial charge in [0.1, 0.15) is 0 Å². The van der Waals surface area contributed by atoms with E-state index in [1.165, 1.54) is 0 Å². The summed E-state index contributed by atoms with van der Waals surface area (Å²) in [6.45, 7) is 10.7. The minimum Gasteiger partial charge on any atom is -0.309 e. The number of nitrogens with one attached hydrogen (secondary N) is 1. The largest absolute Gasteiger partial charge is 0.309 e. The van der Waals surface area contributed by atoms with Crippen LogP contribution in [0.2, 0.25) is 0 Å². The Morgan fingerprint density at radius 3 is 2.45 bits per heavy atom. The van der Waals surface area contributed by atoms with Gasteiger partial charge in [-0.2, -0.15) is 0 Å². The zero-order valence-corrected chi connectivity index (χ0v) is 13.1. The van der Waals surface area contributed by atoms with Crippen molar-refractivity contribution in [2.45, 2.75) is 33.7 Å². The lowest BCUT2D eigenvalue weighted by Gasteiger charge is -2.30. The van der Waals surface area contributed by atoms with E-state index in [1.807, 2.05) is 14.0 Å². The average molecular weight is 284 g/mol. The lowest BCUT2D eigenvalue weighted by Crippen LogP contribution is -2.37. The molecule has 1 aromatic carbocycles. The van der Waals surface area contributed by atoms with E-state index < -0.39 is 11.6 Å². The molecule has 0 amide bonds. The van der Waals surface area contributed by atoms with Crippen molar-refractivity contribution in [3.63, 3.8) is 0 Å². The van der Waals surface area contributed by atoms with Crippen LogP contribution in [0.4, 0.5) is 8.78 Å². The zero-order valence-electron chi connectivity index (χ0n) is 13.1. The summed E-state index contributed by atoms with van der Waals surface area (Å²) in [7, 11) is 2.01. The van der Waals surface area contributed by atoms with Gasteiger partial charge in [0.05, 0.1) is 0 Å². The average Bonchev–Trinajstić information content (AvgIpc) is 2.30. The Hall–Kier alpha value is -1.00. The molecule has 0 aromatic heterocycles. The highest BCUT2D eigenvalue weighted by molar-refractivity contribution is 5.23. The number of nitrogens with zero attached hydrogens (tertiary/aromatic N) is 1. The SMILES string of the molecule is CCNC(CN(C)CC(C)(C)C)c1cccc(F)c1F. The molecule has 114 valence electrons. The van der Waals surface area contributed by atoms with Gasteiger partial charge in [-0.25, -0.2) is 8.78 Å². The molecule has 0 spiro atoms. The highest BCUT2D eigenvalue weighted by Gasteiger charge is 2.21. The second-order valence-electron chi connectivity index (χ2n) is 6.51. The van der Waals surface area contributed by atoms with E-state index in [0.29, 0.717) is 18.7 Å². The van der Waals surface area contributed by atoms with Crippen molar-refractivity contribution in [2.75, 3.05) is 26.7 Å². The molecule has 20 heavy (non-hydrogen) atoms. The number of halogens is 2. The zero-order chi connectivity index (χ0) is 15.3.